The Morgan fingerprint density at radius 1 is 1.21 bits per heavy atom. The zero-order chi connectivity index (χ0) is 13.7. The molecule has 0 saturated heterocycles. The Morgan fingerprint density at radius 2 is 1.95 bits per heavy atom. The molecule has 4 heteroatoms. The van der Waals surface area contributed by atoms with Crippen molar-refractivity contribution in [3.8, 4) is 0 Å². The van der Waals surface area contributed by atoms with Crippen molar-refractivity contribution in [1.29, 1.82) is 0 Å². The molecule has 1 aromatic heterocycles. The molecule has 0 aliphatic heterocycles. The Morgan fingerprint density at radius 3 is 2.63 bits per heavy atom. The molecule has 1 unspecified atom stereocenters. The van der Waals surface area contributed by atoms with E-state index in [1.807, 2.05) is 22.9 Å². The van der Waals surface area contributed by atoms with Gasteiger partial charge in [-0.1, -0.05) is 44.2 Å². The van der Waals surface area contributed by atoms with Gasteiger partial charge in [-0.2, -0.15) is 5.10 Å². The van der Waals surface area contributed by atoms with Crippen molar-refractivity contribution in [1.82, 2.24) is 14.8 Å². The first kappa shape index (κ1) is 13.7. The third-order valence-corrected chi connectivity index (χ3v) is 3.14. The number of nitrogens with zero attached hydrogens (tertiary/aromatic N) is 3. The molecule has 4 nitrogen and oxygen atoms in total. The van der Waals surface area contributed by atoms with Crippen LogP contribution in [0.15, 0.2) is 36.7 Å². The summed E-state index contributed by atoms with van der Waals surface area (Å²) in [5, 5.41) is 4.27. The van der Waals surface area contributed by atoms with Gasteiger partial charge < -0.3 is 5.73 Å². The fourth-order valence-corrected chi connectivity index (χ4v) is 2.13. The van der Waals surface area contributed by atoms with Crippen LogP contribution in [0.25, 0.3) is 0 Å². The Kier molecular flexibility index (Phi) is 4.68. The number of aromatic nitrogens is 3. The molecular weight excluding hydrogens is 236 g/mol. The summed E-state index contributed by atoms with van der Waals surface area (Å²) in [6.45, 7) is 5.28. The van der Waals surface area contributed by atoms with Crippen molar-refractivity contribution in [2.45, 2.75) is 39.3 Å². The first-order valence-electron chi connectivity index (χ1n) is 6.84. The lowest BCUT2D eigenvalue weighted by atomic mass is 10.0. The predicted molar refractivity (Wildman–Crippen MR) is 76.6 cm³/mol. The zero-order valence-electron chi connectivity index (χ0n) is 11.7. The van der Waals surface area contributed by atoms with Crippen LogP contribution in [0.2, 0.25) is 0 Å². The van der Waals surface area contributed by atoms with Crippen molar-refractivity contribution < 1.29 is 0 Å². The van der Waals surface area contributed by atoms with Gasteiger partial charge in [0, 0.05) is 19.0 Å². The number of hydrogen-bond acceptors (Lipinski definition) is 3. The first-order valence-corrected chi connectivity index (χ1v) is 6.84. The molecule has 0 saturated carbocycles. The summed E-state index contributed by atoms with van der Waals surface area (Å²) in [5.41, 5.74) is 7.38. The van der Waals surface area contributed by atoms with E-state index in [0.29, 0.717) is 5.92 Å². The topological polar surface area (TPSA) is 56.7 Å². The van der Waals surface area contributed by atoms with Crippen LogP contribution in [0, 0.1) is 5.92 Å². The molecule has 2 N–H and O–H groups in total. The molecule has 19 heavy (non-hydrogen) atoms. The summed E-state index contributed by atoms with van der Waals surface area (Å²) in [6.07, 6.45) is 3.38. The minimum Gasteiger partial charge on any atom is -0.324 e. The van der Waals surface area contributed by atoms with Gasteiger partial charge in [-0.15, -0.1) is 0 Å². The lowest BCUT2D eigenvalue weighted by molar-refractivity contribution is 0.460. The van der Waals surface area contributed by atoms with Crippen LogP contribution < -0.4 is 5.73 Å². The van der Waals surface area contributed by atoms with Crippen LogP contribution >= 0.6 is 0 Å². The summed E-state index contributed by atoms with van der Waals surface area (Å²) < 4.78 is 1.99. The quantitative estimate of drug-likeness (QED) is 0.866. The highest BCUT2D eigenvalue weighted by Crippen LogP contribution is 2.15. The van der Waals surface area contributed by atoms with E-state index in [-0.39, 0.29) is 6.04 Å². The predicted octanol–water partition coefficient (Wildman–Crippen LogP) is 2.57. The maximum absolute atomic E-state index is 6.21. The molecule has 0 aliphatic carbocycles. The van der Waals surface area contributed by atoms with Crippen LogP contribution in [0.1, 0.15) is 37.7 Å². The van der Waals surface area contributed by atoms with Crippen molar-refractivity contribution >= 4 is 0 Å². The van der Waals surface area contributed by atoms with Gasteiger partial charge in [0.15, 0.2) is 0 Å². The Labute approximate surface area is 114 Å². The van der Waals surface area contributed by atoms with Gasteiger partial charge in [-0.05, 0) is 17.9 Å². The maximum Gasteiger partial charge on any atom is 0.138 e. The molecule has 0 amide bonds. The molecule has 0 fully saturated rings. The Bertz CT molecular complexity index is 490. The number of benzene rings is 1. The minimum atomic E-state index is 0.0606. The zero-order valence-corrected chi connectivity index (χ0v) is 11.7. The monoisotopic (exact) mass is 258 g/mol. The van der Waals surface area contributed by atoms with Gasteiger partial charge in [0.1, 0.15) is 12.2 Å². The lowest BCUT2D eigenvalue weighted by Crippen LogP contribution is -2.15. The summed E-state index contributed by atoms with van der Waals surface area (Å²) in [5.74, 6) is 1.60. The van der Waals surface area contributed by atoms with Gasteiger partial charge in [0.2, 0.25) is 0 Å². The van der Waals surface area contributed by atoms with Crippen molar-refractivity contribution in [3.05, 3.63) is 48.0 Å². The summed E-state index contributed by atoms with van der Waals surface area (Å²) >= 11 is 0. The summed E-state index contributed by atoms with van der Waals surface area (Å²) in [7, 11) is 0. The van der Waals surface area contributed by atoms with E-state index in [1.54, 1.807) is 6.33 Å². The molecule has 2 aromatic rings. The molecule has 0 spiro atoms. The van der Waals surface area contributed by atoms with Crippen LogP contribution in [-0.2, 0) is 13.0 Å². The standard InChI is InChI=1S/C15H22N4/c1-12(2)10-19-15(17-11-18-19)9-8-14(16)13-6-4-3-5-7-13/h3-7,11-12,14H,8-10,16H2,1-2H3. The number of nitrogens with two attached hydrogens (primary N) is 1. The van der Waals surface area contributed by atoms with Crippen molar-refractivity contribution in [3.63, 3.8) is 0 Å². The number of hydrogen-bond donors (Lipinski definition) is 1. The SMILES string of the molecule is CC(C)Cn1ncnc1CCC(N)c1ccccc1. The summed E-state index contributed by atoms with van der Waals surface area (Å²) in [4.78, 5) is 4.33. The smallest absolute Gasteiger partial charge is 0.138 e. The molecule has 0 aliphatic rings. The van der Waals surface area contributed by atoms with Gasteiger partial charge >= 0.3 is 0 Å². The maximum atomic E-state index is 6.21. The van der Waals surface area contributed by atoms with E-state index in [0.717, 1.165) is 25.2 Å². The first-order chi connectivity index (χ1) is 9.16. The van der Waals surface area contributed by atoms with E-state index in [9.17, 15) is 0 Å². The van der Waals surface area contributed by atoms with Gasteiger partial charge in [-0.3, -0.25) is 0 Å². The third kappa shape index (κ3) is 3.89. The average molecular weight is 258 g/mol. The highest BCUT2D eigenvalue weighted by molar-refractivity contribution is 5.18. The van der Waals surface area contributed by atoms with Crippen molar-refractivity contribution in [2.75, 3.05) is 0 Å². The van der Waals surface area contributed by atoms with Gasteiger partial charge in [0.05, 0.1) is 0 Å². The minimum absolute atomic E-state index is 0.0606. The molecule has 0 bridgehead atoms. The van der Waals surface area contributed by atoms with Crippen molar-refractivity contribution in [2.24, 2.45) is 11.7 Å². The van der Waals surface area contributed by atoms with E-state index in [1.165, 1.54) is 5.56 Å². The summed E-state index contributed by atoms with van der Waals surface area (Å²) in [6, 6.07) is 10.3. The second-order valence-electron chi connectivity index (χ2n) is 5.31. The van der Waals surface area contributed by atoms with E-state index >= 15 is 0 Å². The number of aryl methyl sites for hydroxylation is 1. The second kappa shape index (κ2) is 6.48. The molecule has 1 aromatic carbocycles. The molecule has 0 radical (unpaired) electrons. The van der Waals surface area contributed by atoms with Gasteiger partial charge in [-0.25, -0.2) is 9.67 Å². The average Bonchev–Trinajstić information content (AvgIpc) is 2.83. The fraction of sp³-hybridized carbons (Fsp3) is 0.467. The van der Waals surface area contributed by atoms with Crippen LogP contribution in [0.5, 0.6) is 0 Å². The molecule has 1 heterocycles. The highest BCUT2D eigenvalue weighted by atomic mass is 15.3. The molecule has 2 rings (SSSR count). The van der Waals surface area contributed by atoms with E-state index in [2.05, 4.69) is 36.1 Å². The highest BCUT2D eigenvalue weighted by Gasteiger charge is 2.10. The van der Waals surface area contributed by atoms with E-state index < -0.39 is 0 Å². The normalized spacial score (nSPS) is 12.8. The third-order valence-electron chi connectivity index (χ3n) is 3.14. The number of rotatable bonds is 6. The fourth-order valence-electron chi connectivity index (χ4n) is 2.13. The Hall–Kier alpha value is -1.68. The van der Waals surface area contributed by atoms with Crippen LogP contribution in [0.3, 0.4) is 0 Å². The molecule has 102 valence electrons. The molecular formula is C15H22N4. The van der Waals surface area contributed by atoms with Gasteiger partial charge in [0.25, 0.3) is 0 Å². The largest absolute Gasteiger partial charge is 0.324 e. The van der Waals surface area contributed by atoms with Crippen LogP contribution in [-0.4, -0.2) is 14.8 Å². The second-order valence-corrected chi connectivity index (χ2v) is 5.31. The van der Waals surface area contributed by atoms with E-state index in [4.69, 9.17) is 5.73 Å². The van der Waals surface area contributed by atoms with Crippen LogP contribution in [0.4, 0.5) is 0 Å². The lowest BCUT2D eigenvalue weighted by Gasteiger charge is -2.12. The molecule has 1 atom stereocenters. The Balaban J connectivity index is 1.94.